The molecular weight excluding hydrogens is 426 g/mol. The smallest absolute Gasteiger partial charge is 0.407 e. The number of benzene rings is 2. The lowest BCUT2D eigenvalue weighted by Crippen LogP contribution is -2.41. The molecule has 28 heavy (non-hydrogen) atoms. The Kier molecular flexibility index (Phi) is 8.19. The van der Waals surface area contributed by atoms with Crippen LogP contribution in [-0.4, -0.2) is 24.5 Å². The van der Waals surface area contributed by atoms with E-state index in [1.54, 1.807) is 31.2 Å². The average Bonchev–Trinajstić information content (AvgIpc) is 2.67. The normalized spacial score (nSPS) is 12.5. The van der Waals surface area contributed by atoms with E-state index in [0.717, 1.165) is 10.0 Å². The van der Waals surface area contributed by atoms with Crippen LogP contribution < -0.4 is 5.32 Å². The minimum Gasteiger partial charge on any atom is -0.465 e. The summed E-state index contributed by atoms with van der Waals surface area (Å²) in [4.78, 5) is 37.0. The van der Waals surface area contributed by atoms with Gasteiger partial charge in [0.05, 0.1) is 12.6 Å². The fraction of sp³-hybridized carbons (Fsp3) is 0.286. The molecular formula is C21H22BrNO5. The first kappa shape index (κ1) is 21.6. The molecule has 0 spiro atoms. The van der Waals surface area contributed by atoms with Crippen molar-refractivity contribution in [3.63, 3.8) is 0 Å². The summed E-state index contributed by atoms with van der Waals surface area (Å²) in [5, 5.41) is 2.65. The molecule has 2 atom stereocenters. The summed E-state index contributed by atoms with van der Waals surface area (Å²) in [6.07, 6.45) is -0.729. The van der Waals surface area contributed by atoms with Gasteiger partial charge in [0.2, 0.25) is 0 Å². The molecule has 7 heteroatoms. The predicted octanol–water partition coefficient (Wildman–Crippen LogP) is 4.18. The van der Waals surface area contributed by atoms with E-state index in [-0.39, 0.29) is 13.2 Å². The van der Waals surface area contributed by atoms with Crippen molar-refractivity contribution >= 4 is 33.8 Å². The van der Waals surface area contributed by atoms with Crippen LogP contribution >= 0.6 is 15.9 Å². The van der Waals surface area contributed by atoms with Gasteiger partial charge in [-0.15, -0.1) is 0 Å². The lowest BCUT2D eigenvalue weighted by Gasteiger charge is -2.25. The van der Waals surface area contributed by atoms with Crippen molar-refractivity contribution < 1.29 is 23.9 Å². The highest BCUT2D eigenvalue weighted by molar-refractivity contribution is 9.10. The molecule has 1 N–H and O–H groups in total. The molecule has 0 aliphatic rings. The summed E-state index contributed by atoms with van der Waals surface area (Å²) < 4.78 is 11.1. The zero-order valence-corrected chi connectivity index (χ0v) is 17.3. The van der Waals surface area contributed by atoms with Crippen molar-refractivity contribution in [1.29, 1.82) is 0 Å². The van der Waals surface area contributed by atoms with Gasteiger partial charge in [-0.1, -0.05) is 58.4 Å². The molecule has 0 aliphatic heterocycles. The molecule has 148 valence electrons. The van der Waals surface area contributed by atoms with Crippen molar-refractivity contribution in [2.45, 2.75) is 26.5 Å². The van der Waals surface area contributed by atoms with Crippen LogP contribution in [-0.2, 0) is 25.7 Å². The van der Waals surface area contributed by atoms with Crippen LogP contribution in [0.2, 0.25) is 0 Å². The number of alkyl carbamates (subject to hydrolysis) is 1. The molecule has 0 fully saturated rings. The van der Waals surface area contributed by atoms with Gasteiger partial charge in [0.15, 0.2) is 0 Å². The molecule has 0 saturated carbocycles. The summed E-state index contributed by atoms with van der Waals surface area (Å²) in [6.45, 7) is 3.16. The Morgan fingerprint density at radius 2 is 1.64 bits per heavy atom. The average molecular weight is 448 g/mol. The third-order valence-corrected chi connectivity index (χ3v) is 4.56. The molecule has 2 aromatic rings. The van der Waals surface area contributed by atoms with Gasteiger partial charge in [-0.2, -0.15) is 0 Å². The topological polar surface area (TPSA) is 81.7 Å². The van der Waals surface area contributed by atoms with Crippen molar-refractivity contribution in [2.75, 3.05) is 6.61 Å². The molecule has 0 radical (unpaired) electrons. The van der Waals surface area contributed by atoms with Crippen LogP contribution in [0.25, 0.3) is 0 Å². The Morgan fingerprint density at radius 3 is 2.21 bits per heavy atom. The fourth-order valence-corrected chi connectivity index (χ4v) is 2.95. The van der Waals surface area contributed by atoms with E-state index in [0.29, 0.717) is 5.56 Å². The number of hydrogen-bond acceptors (Lipinski definition) is 5. The van der Waals surface area contributed by atoms with Gasteiger partial charge < -0.3 is 14.8 Å². The number of Topliss-reactive ketones (excluding diaryl/α,β-unsaturated/α-hetero) is 1. The quantitative estimate of drug-likeness (QED) is 0.484. The number of nitrogens with one attached hydrogen (secondary N) is 1. The maximum atomic E-state index is 12.4. The highest BCUT2D eigenvalue weighted by atomic mass is 79.9. The SMILES string of the molecule is CCOC(=O)C(C(C)=O)C(NC(=O)OCc1ccccc1)c1ccc(Br)cc1. The molecule has 2 aromatic carbocycles. The molecule has 1 amide bonds. The number of amides is 1. The number of halogens is 1. The van der Waals surface area contributed by atoms with Crippen molar-refractivity contribution in [3.8, 4) is 0 Å². The van der Waals surface area contributed by atoms with Gasteiger partial charge in [0.25, 0.3) is 0 Å². The Balaban J connectivity index is 2.21. The molecule has 0 saturated heterocycles. The maximum Gasteiger partial charge on any atom is 0.407 e. The summed E-state index contributed by atoms with van der Waals surface area (Å²) in [6, 6.07) is 15.3. The largest absolute Gasteiger partial charge is 0.465 e. The van der Waals surface area contributed by atoms with Crippen molar-refractivity contribution in [1.82, 2.24) is 5.32 Å². The third kappa shape index (κ3) is 6.20. The third-order valence-electron chi connectivity index (χ3n) is 4.03. The summed E-state index contributed by atoms with van der Waals surface area (Å²) >= 11 is 3.35. The number of ether oxygens (including phenoxy) is 2. The monoisotopic (exact) mass is 447 g/mol. The molecule has 6 nitrogen and oxygen atoms in total. The molecule has 0 aliphatic carbocycles. The number of carbonyl (C=O) groups excluding carboxylic acids is 3. The van der Waals surface area contributed by atoms with E-state index in [1.807, 2.05) is 30.3 Å². The Bertz CT molecular complexity index is 807. The Hall–Kier alpha value is -2.67. The zero-order chi connectivity index (χ0) is 20.5. The van der Waals surface area contributed by atoms with Gasteiger partial charge in [-0.25, -0.2) is 4.79 Å². The first-order valence-electron chi connectivity index (χ1n) is 8.82. The van der Waals surface area contributed by atoms with Gasteiger partial charge in [0, 0.05) is 4.47 Å². The van der Waals surface area contributed by atoms with Crippen LogP contribution in [0.3, 0.4) is 0 Å². The van der Waals surface area contributed by atoms with E-state index in [9.17, 15) is 14.4 Å². The molecule has 2 unspecified atom stereocenters. The Morgan fingerprint density at radius 1 is 1.00 bits per heavy atom. The van der Waals surface area contributed by atoms with E-state index in [4.69, 9.17) is 9.47 Å². The molecule has 2 rings (SSSR count). The lowest BCUT2D eigenvalue weighted by molar-refractivity contribution is -0.152. The van der Waals surface area contributed by atoms with E-state index >= 15 is 0 Å². The van der Waals surface area contributed by atoms with Gasteiger partial charge in [-0.3, -0.25) is 9.59 Å². The Labute approximate surface area is 172 Å². The van der Waals surface area contributed by atoms with Crippen LogP contribution in [0.15, 0.2) is 59.1 Å². The first-order valence-corrected chi connectivity index (χ1v) is 9.61. The fourth-order valence-electron chi connectivity index (χ4n) is 2.69. The van der Waals surface area contributed by atoms with E-state index in [1.165, 1.54) is 6.92 Å². The molecule has 0 aromatic heterocycles. The van der Waals surface area contributed by atoms with Crippen LogP contribution in [0.1, 0.15) is 31.0 Å². The first-order chi connectivity index (χ1) is 13.4. The summed E-state index contributed by atoms with van der Waals surface area (Å²) in [5.41, 5.74) is 1.42. The van der Waals surface area contributed by atoms with Crippen molar-refractivity contribution in [3.05, 3.63) is 70.2 Å². The van der Waals surface area contributed by atoms with Gasteiger partial charge >= 0.3 is 12.1 Å². The standard InChI is InChI=1S/C21H22BrNO5/c1-3-27-20(25)18(14(2)24)19(16-9-11-17(22)12-10-16)23-21(26)28-13-15-7-5-4-6-8-15/h4-12,18-19H,3,13H2,1-2H3,(H,23,26). The number of hydrogen-bond donors (Lipinski definition) is 1. The van der Waals surface area contributed by atoms with Crippen LogP contribution in [0, 0.1) is 5.92 Å². The summed E-state index contributed by atoms with van der Waals surface area (Å²) in [5.74, 6) is -2.27. The number of ketones is 1. The van der Waals surface area contributed by atoms with Crippen LogP contribution in [0.4, 0.5) is 4.79 Å². The van der Waals surface area contributed by atoms with Crippen LogP contribution in [0.5, 0.6) is 0 Å². The number of rotatable bonds is 8. The predicted molar refractivity (Wildman–Crippen MR) is 107 cm³/mol. The highest BCUT2D eigenvalue weighted by Gasteiger charge is 2.36. The van der Waals surface area contributed by atoms with Gasteiger partial charge in [-0.05, 0) is 37.1 Å². The summed E-state index contributed by atoms with van der Waals surface area (Å²) in [7, 11) is 0. The molecule has 0 heterocycles. The number of esters is 1. The maximum absolute atomic E-state index is 12.4. The highest BCUT2D eigenvalue weighted by Crippen LogP contribution is 2.26. The lowest BCUT2D eigenvalue weighted by atomic mass is 9.90. The second-order valence-corrected chi connectivity index (χ2v) is 6.99. The molecule has 0 bridgehead atoms. The van der Waals surface area contributed by atoms with E-state index < -0.39 is 29.8 Å². The zero-order valence-electron chi connectivity index (χ0n) is 15.7. The van der Waals surface area contributed by atoms with Gasteiger partial charge in [0.1, 0.15) is 18.3 Å². The minimum absolute atomic E-state index is 0.0733. The van der Waals surface area contributed by atoms with Crippen molar-refractivity contribution in [2.24, 2.45) is 5.92 Å². The second-order valence-electron chi connectivity index (χ2n) is 6.08. The second kappa shape index (κ2) is 10.6. The number of carbonyl (C=O) groups is 3. The minimum atomic E-state index is -1.18. The van der Waals surface area contributed by atoms with E-state index in [2.05, 4.69) is 21.2 Å².